The minimum atomic E-state index is -1.39. The summed E-state index contributed by atoms with van der Waals surface area (Å²) in [6.07, 6.45) is 34.3. The van der Waals surface area contributed by atoms with E-state index in [1.165, 1.54) is 172 Å². The molecule has 0 spiro atoms. The van der Waals surface area contributed by atoms with E-state index in [1.54, 1.807) is 0 Å². The van der Waals surface area contributed by atoms with E-state index >= 15 is 0 Å². The van der Waals surface area contributed by atoms with Gasteiger partial charge in [-0.2, -0.15) is 50.5 Å². The van der Waals surface area contributed by atoms with Gasteiger partial charge in [0.25, 0.3) is 0 Å². The van der Waals surface area contributed by atoms with E-state index in [-0.39, 0.29) is 0 Å². The maximum Gasteiger partial charge on any atom is 0.326 e. The number of rotatable bonds is 34. The summed E-state index contributed by atoms with van der Waals surface area (Å²) in [6, 6.07) is 0. The summed E-state index contributed by atoms with van der Waals surface area (Å²) < 4.78 is 17.5. The smallest absolute Gasteiger partial charge is 0.326 e. The van der Waals surface area contributed by atoms with Gasteiger partial charge >= 0.3 is 272 Å². The van der Waals surface area contributed by atoms with Crippen LogP contribution in [-0.4, -0.2) is 113 Å². The van der Waals surface area contributed by atoms with Crippen LogP contribution in [0.3, 0.4) is 0 Å². The zero-order valence-corrected chi connectivity index (χ0v) is 47.3. The summed E-state index contributed by atoms with van der Waals surface area (Å²) in [4.78, 5) is 24.3. The molecule has 0 heterocycles. The second kappa shape index (κ2) is 73.1. The molecule has 0 unspecified atom stereocenters. The van der Waals surface area contributed by atoms with Crippen molar-refractivity contribution in [2.75, 3.05) is 50.4 Å². The number of hydrogen-bond acceptors (Lipinski definition) is 14. The zero-order chi connectivity index (χ0) is 45.2. The van der Waals surface area contributed by atoms with E-state index in [0.717, 1.165) is 23.0 Å². The fraction of sp³-hybridized carbons (Fsp3) is 0.952. The van der Waals surface area contributed by atoms with Gasteiger partial charge in [0.2, 0.25) is 0 Å². The first-order valence-corrected chi connectivity index (χ1v) is 35.2. The van der Waals surface area contributed by atoms with Gasteiger partial charge in [-0.05, 0) is 23.0 Å². The molecule has 16 heteroatoms. The van der Waals surface area contributed by atoms with Crippen LogP contribution in [0, 0.1) is 0 Å². The SMILES string of the molecule is CCCCCCC[CH2][Sn+]([CH2]CCCCCCC)[O]C.CCCCCCC[CH2][Sn+]([CH2]CCCCCCC)[O]C.O=C(CO)O[O-].O=C(CO)O[O-].SCCS.SCCS. The predicted octanol–water partition coefficient (Wildman–Crippen LogP) is 9.98. The van der Waals surface area contributed by atoms with E-state index in [0.29, 0.717) is 0 Å². The molecule has 0 aliphatic heterocycles. The molecular weight excluding hydrogens is 1030 g/mol. The Bertz CT molecular complexity index is 608. The van der Waals surface area contributed by atoms with Crippen LogP contribution in [0.5, 0.6) is 0 Å². The van der Waals surface area contributed by atoms with Gasteiger partial charge < -0.3 is 30.5 Å². The fourth-order valence-electron chi connectivity index (χ4n) is 5.12. The molecule has 0 fully saturated rings. The second-order valence-electron chi connectivity index (χ2n) is 13.7. The van der Waals surface area contributed by atoms with Crippen LogP contribution in [-0.2, 0) is 25.5 Å². The van der Waals surface area contributed by atoms with Crippen molar-refractivity contribution >= 4 is 103 Å². The maximum absolute atomic E-state index is 9.40. The standard InChI is InChI=1S/4C8H17.2C2H4O4.2C2H6S2.2CH3O.2Sn/c4*1-3-5-7-8-6-4-2;2*3-1-2(4)6-5;2*3-1-2-4;2*1-2;;/h4*1,3-8H2,2H3;2*3,5H,1H2;2*3-4H,1-2H2;2*1H3;;/q;;;;;;;;2*-1;2*+2/p-2. The van der Waals surface area contributed by atoms with Crippen molar-refractivity contribution in [1.82, 2.24) is 0 Å². The molecule has 0 rings (SSSR count). The molecule has 0 saturated carbocycles. The average molecular weight is 1120 g/mol. The van der Waals surface area contributed by atoms with Gasteiger partial charge in [-0.25, -0.2) is 9.59 Å². The Kier molecular flexibility index (Phi) is 89.9. The molecule has 0 bridgehead atoms. The number of carbonyl (C=O) groups excluding carboxylic acids is 2. The first kappa shape index (κ1) is 71.3. The molecule has 10 nitrogen and oxygen atoms in total. The Labute approximate surface area is 395 Å². The van der Waals surface area contributed by atoms with Crippen molar-refractivity contribution in [2.45, 2.75) is 200 Å². The van der Waals surface area contributed by atoms with Crippen molar-refractivity contribution < 1.29 is 46.2 Å². The summed E-state index contributed by atoms with van der Waals surface area (Å²) in [5.74, 6) is 1.20. The molecule has 0 radical (unpaired) electrons. The van der Waals surface area contributed by atoms with E-state index < -0.39 is 65.5 Å². The molecular formula is C42H92O10S4Sn2. The van der Waals surface area contributed by atoms with Gasteiger partial charge in [0, 0.05) is 0 Å². The molecule has 0 aromatic heterocycles. The Morgan fingerprint density at radius 3 is 0.724 bits per heavy atom. The summed E-state index contributed by atoms with van der Waals surface area (Å²) in [7, 11) is 3.95. The molecule has 352 valence electrons. The molecule has 2 N–H and O–H groups in total. The van der Waals surface area contributed by atoms with Gasteiger partial charge in [0.05, 0.1) is 0 Å². The summed E-state index contributed by atoms with van der Waals surface area (Å²) >= 11 is 12.6. The molecule has 0 aromatic rings. The minimum Gasteiger partial charge on any atom is -0.662 e. The molecule has 58 heavy (non-hydrogen) atoms. The number of unbranched alkanes of at least 4 members (excludes halogenated alkanes) is 20. The normalized spacial score (nSPS) is 9.76. The first-order chi connectivity index (χ1) is 28.1. The maximum atomic E-state index is 9.40. The summed E-state index contributed by atoms with van der Waals surface area (Å²) in [5.41, 5.74) is 0. The van der Waals surface area contributed by atoms with Crippen LogP contribution in [0.25, 0.3) is 0 Å². The topological polar surface area (TPSA) is 158 Å². The van der Waals surface area contributed by atoms with E-state index in [9.17, 15) is 9.59 Å². The van der Waals surface area contributed by atoms with Crippen molar-refractivity contribution in [3.05, 3.63) is 0 Å². The molecule has 0 aliphatic carbocycles. The minimum absolute atomic E-state index is 0.844. The Morgan fingerprint density at radius 1 is 0.414 bits per heavy atom. The van der Waals surface area contributed by atoms with E-state index in [4.69, 9.17) is 26.9 Å². The molecule has 0 aliphatic rings. The quantitative estimate of drug-likeness (QED) is 0.0121. The number of carbonyl (C=O) groups is 2. The van der Waals surface area contributed by atoms with E-state index in [2.05, 4.69) is 88.0 Å². The largest absolute Gasteiger partial charge is 0.662 e. The zero-order valence-electron chi connectivity index (χ0n) is 38.0. The molecule has 0 aromatic carbocycles. The third kappa shape index (κ3) is 81.5. The average Bonchev–Trinajstić information content (AvgIpc) is 3.26. The third-order valence-electron chi connectivity index (χ3n) is 8.46. The van der Waals surface area contributed by atoms with Crippen LogP contribution < -0.4 is 10.5 Å². The van der Waals surface area contributed by atoms with Crippen LogP contribution in [0.15, 0.2) is 0 Å². The van der Waals surface area contributed by atoms with Crippen LogP contribution in [0.2, 0.25) is 17.7 Å². The number of hydrogen-bond donors (Lipinski definition) is 6. The number of aliphatic hydroxyl groups excluding tert-OH is 2. The number of thiol groups is 4. The van der Waals surface area contributed by atoms with E-state index in [1.807, 2.05) is 14.2 Å². The Balaban J connectivity index is -0.000000159. The van der Waals surface area contributed by atoms with Gasteiger partial charge in [0.15, 0.2) is 0 Å². The van der Waals surface area contributed by atoms with Crippen LogP contribution >= 0.6 is 50.5 Å². The molecule has 0 saturated heterocycles. The van der Waals surface area contributed by atoms with Gasteiger partial charge in [-0.15, -0.1) is 0 Å². The molecule has 0 atom stereocenters. The third-order valence-corrected chi connectivity index (χ3v) is 23.8. The summed E-state index contributed by atoms with van der Waals surface area (Å²) in [6.45, 7) is 7.47. The van der Waals surface area contributed by atoms with Crippen molar-refractivity contribution in [2.24, 2.45) is 0 Å². The summed E-state index contributed by atoms with van der Waals surface area (Å²) in [5, 5.41) is 33.0. The number of aliphatic hydroxyl groups is 2. The fourth-order valence-corrected chi connectivity index (χ4v) is 16.2. The van der Waals surface area contributed by atoms with Gasteiger partial charge in [0.1, 0.15) is 13.2 Å². The van der Waals surface area contributed by atoms with Gasteiger partial charge in [-0.3, -0.25) is 0 Å². The molecule has 0 amide bonds. The van der Waals surface area contributed by atoms with Crippen LogP contribution in [0.4, 0.5) is 0 Å². The Hall–Kier alpha value is 1.70. The van der Waals surface area contributed by atoms with Crippen LogP contribution in [0.1, 0.15) is 182 Å². The second-order valence-corrected chi connectivity index (χ2v) is 29.7. The van der Waals surface area contributed by atoms with Crippen molar-refractivity contribution in [3.63, 3.8) is 0 Å². The monoisotopic (exact) mass is 1120 g/mol. The predicted molar refractivity (Wildman–Crippen MR) is 260 cm³/mol. The van der Waals surface area contributed by atoms with Gasteiger partial charge in [-0.1, -0.05) is 0 Å². The first-order valence-electron chi connectivity index (χ1n) is 22.2. The Morgan fingerprint density at radius 2 is 0.603 bits per heavy atom. The van der Waals surface area contributed by atoms with Crippen molar-refractivity contribution in [1.29, 1.82) is 0 Å². The van der Waals surface area contributed by atoms with Crippen molar-refractivity contribution in [3.8, 4) is 0 Å².